The second-order valence-electron chi connectivity index (χ2n) is 7.58. The van der Waals surface area contributed by atoms with Gasteiger partial charge in [-0.1, -0.05) is 27.2 Å². The number of ether oxygens (including phenoxy) is 4. The quantitative estimate of drug-likeness (QED) is 0.216. The molecule has 3 unspecified atom stereocenters. The lowest BCUT2D eigenvalue weighted by Gasteiger charge is -2.32. The predicted octanol–water partition coefficient (Wildman–Crippen LogP) is 3.61. The van der Waals surface area contributed by atoms with Crippen molar-refractivity contribution in [2.24, 2.45) is 17.3 Å². The average Bonchev–Trinajstić information content (AvgIpc) is 2.70. The molecule has 0 heterocycles. The highest BCUT2D eigenvalue weighted by molar-refractivity contribution is 5.80. The zero-order valence-electron chi connectivity index (χ0n) is 18.7. The molecule has 3 atom stereocenters. The zero-order chi connectivity index (χ0) is 22.3. The molecule has 29 heavy (non-hydrogen) atoms. The molecule has 0 aromatic heterocycles. The van der Waals surface area contributed by atoms with E-state index in [1.807, 2.05) is 13.8 Å². The summed E-state index contributed by atoms with van der Waals surface area (Å²) in [6.45, 7) is 13.6. The molecule has 0 amide bonds. The Labute approximate surface area is 175 Å². The van der Waals surface area contributed by atoms with Gasteiger partial charge < -0.3 is 18.9 Å². The number of esters is 3. The summed E-state index contributed by atoms with van der Waals surface area (Å²) in [4.78, 5) is 37.5. The first-order valence-electron chi connectivity index (χ1n) is 10.4. The van der Waals surface area contributed by atoms with E-state index in [0.717, 1.165) is 12.8 Å². The molecule has 0 aliphatic carbocycles. The fourth-order valence-corrected chi connectivity index (χ4v) is 3.08. The Morgan fingerprint density at radius 1 is 0.931 bits per heavy atom. The SMILES string of the molecule is [CH]CCOC(=O)C(CC)CC(C)(CC(C)C(=O)OCCOC)C(=O)OCCCC. The summed E-state index contributed by atoms with van der Waals surface area (Å²) in [6.07, 6.45) is 2.84. The number of carbonyl (C=O) groups excluding carboxylic acids is 3. The Bertz CT molecular complexity index is 492. The standard InChI is InChI=1S/C22H38O7/c1-7-10-12-29-21(25)22(5,15-17(4)19(23)28-14-13-26-6)16-18(9-3)20(24)27-11-8-2/h2,17-18H,7-16H2,1,3-6H3. The lowest BCUT2D eigenvalue weighted by molar-refractivity contribution is -0.162. The van der Waals surface area contributed by atoms with E-state index in [-0.39, 0.29) is 38.4 Å². The van der Waals surface area contributed by atoms with Gasteiger partial charge in [0, 0.05) is 7.11 Å². The van der Waals surface area contributed by atoms with E-state index in [1.165, 1.54) is 7.11 Å². The van der Waals surface area contributed by atoms with Crippen LogP contribution in [0, 0.1) is 24.2 Å². The van der Waals surface area contributed by atoms with Gasteiger partial charge in [-0.15, -0.1) is 0 Å². The van der Waals surface area contributed by atoms with Crippen molar-refractivity contribution in [3.8, 4) is 0 Å². The molecule has 0 aliphatic rings. The van der Waals surface area contributed by atoms with Crippen molar-refractivity contribution in [2.75, 3.05) is 33.5 Å². The maximum absolute atomic E-state index is 12.9. The number of methoxy groups -OCH3 is 1. The summed E-state index contributed by atoms with van der Waals surface area (Å²) in [7, 11) is 1.52. The number of carbonyl (C=O) groups is 3. The first kappa shape index (κ1) is 27.4. The van der Waals surface area contributed by atoms with Crippen LogP contribution in [-0.2, 0) is 33.3 Å². The molecule has 0 spiro atoms. The lowest BCUT2D eigenvalue weighted by atomic mass is 9.74. The highest BCUT2D eigenvalue weighted by atomic mass is 16.6. The van der Waals surface area contributed by atoms with Crippen molar-refractivity contribution in [3.63, 3.8) is 0 Å². The summed E-state index contributed by atoms with van der Waals surface area (Å²) in [6, 6.07) is 0. The van der Waals surface area contributed by atoms with E-state index in [4.69, 9.17) is 25.9 Å². The molecule has 7 nitrogen and oxygen atoms in total. The number of hydrogen-bond donors (Lipinski definition) is 0. The van der Waals surface area contributed by atoms with Gasteiger partial charge in [-0.3, -0.25) is 14.4 Å². The van der Waals surface area contributed by atoms with Gasteiger partial charge >= 0.3 is 17.9 Å². The van der Waals surface area contributed by atoms with Crippen LogP contribution in [0.3, 0.4) is 0 Å². The normalized spacial score (nSPS) is 15.1. The third-order valence-electron chi connectivity index (χ3n) is 4.80. The number of rotatable bonds is 16. The third-order valence-corrected chi connectivity index (χ3v) is 4.80. The second-order valence-corrected chi connectivity index (χ2v) is 7.58. The maximum atomic E-state index is 12.9. The molecule has 0 aromatic carbocycles. The van der Waals surface area contributed by atoms with Crippen LogP contribution in [-0.4, -0.2) is 51.4 Å². The summed E-state index contributed by atoms with van der Waals surface area (Å²) in [5.41, 5.74) is -1.02. The van der Waals surface area contributed by atoms with E-state index in [9.17, 15) is 14.4 Å². The minimum atomic E-state index is -1.02. The monoisotopic (exact) mass is 414 g/mol. The Kier molecular flexibility index (Phi) is 14.4. The molecule has 0 bridgehead atoms. The van der Waals surface area contributed by atoms with Gasteiger partial charge in [0.15, 0.2) is 0 Å². The largest absolute Gasteiger partial charge is 0.465 e. The fraction of sp³-hybridized carbons (Fsp3) is 0.818. The van der Waals surface area contributed by atoms with Crippen LogP contribution in [0.1, 0.15) is 66.2 Å². The van der Waals surface area contributed by atoms with Crippen molar-refractivity contribution in [2.45, 2.75) is 66.2 Å². The van der Waals surface area contributed by atoms with Crippen molar-refractivity contribution in [1.82, 2.24) is 0 Å². The first-order valence-corrected chi connectivity index (χ1v) is 10.4. The Morgan fingerprint density at radius 3 is 2.14 bits per heavy atom. The Morgan fingerprint density at radius 2 is 1.59 bits per heavy atom. The molecule has 0 N–H and O–H groups in total. The van der Waals surface area contributed by atoms with Crippen LogP contribution in [0.15, 0.2) is 0 Å². The first-order chi connectivity index (χ1) is 13.7. The maximum Gasteiger partial charge on any atom is 0.311 e. The molecular weight excluding hydrogens is 376 g/mol. The lowest BCUT2D eigenvalue weighted by Crippen LogP contribution is -2.38. The summed E-state index contributed by atoms with van der Waals surface area (Å²) >= 11 is 0. The molecule has 0 aliphatic heterocycles. The van der Waals surface area contributed by atoms with Gasteiger partial charge in [-0.05, 0) is 46.0 Å². The minimum absolute atomic E-state index is 0.134. The highest BCUT2D eigenvalue weighted by Crippen LogP contribution is 2.37. The summed E-state index contributed by atoms with van der Waals surface area (Å²) in [5.74, 6) is -2.23. The van der Waals surface area contributed by atoms with Gasteiger partial charge in [0.05, 0.1) is 37.1 Å². The van der Waals surface area contributed by atoms with Gasteiger partial charge in [-0.2, -0.15) is 0 Å². The van der Waals surface area contributed by atoms with Crippen molar-refractivity contribution >= 4 is 17.9 Å². The van der Waals surface area contributed by atoms with Crippen LogP contribution in [0.4, 0.5) is 0 Å². The van der Waals surface area contributed by atoms with E-state index in [0.29, 0.717) is 19.6 Å². The second kappa shape index (κ2) is 15.2. The molecule has 0 aromatic rings. The average molecular weight is 415 g/mol. The summed E-state index contributed by atoms with van der Waals surface area (Å²) < 4.78 is 20.7. The molecule has 2 radical (unpaired) electrons. The van der Waals surface area contributed by atoms with Crippen LogP contribution in [0.25, 0.3) is 0 Å². The van der Waals surface area contributed by atoms with Crippen LogP contribution in [0.2, 0.25) is 0 Å². The topological polar surface area (TPSA) is 88.1 Å². The smallest absolute Gasteiger partial charge is 0.311 e. The van der Waals surface area contributed by atoms with E-state index < -0.39 is 29.2 Å². The third kappa shape index (κ3) is 10.6. The molecule has 7 heteroatoms. The zero-order valence-corrected chi connectivity index (χ0v) is 18.7. The number of hydrogen-bond acceptors (Lipinski definition) is 7. The van der Waals surface area contributed by atoms with E-state index >= 15 is 0 Å². The van der Waals surface area contributed by atoms with Crippen LogP contribution < -0.4 is 0 Å². The molecule has 0 fully saturated rings. The van der Waals surface area contributed by atoms with Gasteiger partial charge in [0.1, 0.15) is 6.61 Å². The fourth-order valence-electron chi connectivity index (χ4n) is 3.08. The predicted molar refractivity (Wildman–Crippen MR) is 109 cm³/mol. The van der Waals surface area contributed by atoms with Gasteiger partial charge in [-0.25, -0.2) is 0 Å². The van der Waals surface area contributed by atoms with Crippen molar-refractivity contribution in [3.05, 3.63) is 6.92 Å². The Balaban J connectivity index is 5.28. The molecule has 0 rings (SSSR count). The highest BCUT2D eigenvalue weighted by Gasteiger charge is 2.41. The molecule has 168 valence electrons. The molecular formula is C22H38O7. The van der Waals surface area contributed by atoms with Crippen molar-refractivity contribution < 1.29 is 33.3 Å². The van der Waals surface area contributed by atoms with Crippen LogP contribution >= 0.6 is 0 Å². The van der Waals surface area contributed by atoms with E-state index in [1.54, 1.807) is 13.8 Å². The van der Waals surface area contributed by atoms with Gasteiger partial charge in [0.2, 0.25) is 0 Å². The van der Waals surface area contributed by atoms with E-state index in [2.05, 4.69) is 0 Å². The van der Waals surface area contributed by atoms with Gasteiger partial charge in [0.25, 0.3) is 0 Å². The van der Waals surface area contributed by atoms with Crippen molar-refractivity contribution in [1.29, 1.82) is 0 Å². The minimum Gasteiger partial charge on any atom is -0.465 e. The summed E-state index contributed by atoms with van der Waals surface area (Å²) in [5, 5.41) is 0. The van der Waals surface area contributed by atoms with Crippen LogP contribution in [0.5, 0.6) is 0 Å². The molecule has 0 saturated carbocycles. The Hall–Kier alpha value is -1.63. The number of unbranched alkanes of at least 4 members (excludes halogenated alkanes) is 1. The molecule has 0 saturated heterocycles.